The second kappa shape index (κ2) is 6.39. The topological polar surface area (TPSA) is 89.7 Å². The van der Waals surface area contributed by atoms with Crippen molar-refractivity contribution in [3.63, 3.8) is 0 Å². The maximum absolute atomic E-state index is 11.0. The van der Waals surface area contributed by atoms with Gasteiger partial charge in [0.25, 0.3) is 0 Å². The summed E-state index contributed by atoms with van der Waals surface area (Å²) in [5, 5.41) is 20.0. The van der Waals surface area contributed by atoms with Crippen molar-refractivity contribution in [1.29, 1.82) is 0 Å². The molecule has 0 aliphatic heterocycles. The first-order valence-electron chi connectivity index (χ1n) is 5.53. The van der Waals surface area contributed by atoms with Gasteiger partial charge in [-0.1, -0.05) is 0 Å². The second-order valence-electron chi connectivity index (χ2n) is 3.92. The van der Waals surface area contributed by atoms with Gasteiger partial charge in [-0.25, -0.2) is 4.79 Å². The number of carboxylic acid groups (broad SMARTS) is 1. The Labute approximate surface area is 141 Å². The molecule has 0 saturated carbocycles. The minimum atomic E-state index is -1.11. The number of nitrogens with zero attached hydrogens (tertiary/aromatic N) is 1. The van der Waals surface area contributed by atoms with Gasteiger partial charge < -0.3 is 9.84 Å². The monoisotopic (exact) mass is 463 g/mol. The van der Waals surface area contributed by atoms with Gasteiger partial charge in [0, 0.05) is 9.64 Å². The maximum Gasteiger partial charge on any atom is 0.335 e. The molecule has 2 aromatic rings. The molecule has 6 nitrogen and oxygen atoms in total. The van der Waals surface area contributed by atoms with Crippen LogP contribution in [0.2, 0.25) is 0 Å². The second-order valence-corrected chi connectivity index (χ2v) is 6.02. The quantitative estimate of drug-likeness (QED) is 0.411. The van der Waals surface area contributed by atoms with E-state index in [-0.39, 0.29) is 22.7 Å². The summed E-state index contributed by atoms with van der Waals surface area (Å²) in [5.74, 6) is -0.868. The van der Waals surface area contributed by atoms with Gasteiger partial charge in [0.1, 0.15) is 5.75 Å². The van der Waals surface area contributed by atoms with Gasteiger partial charge in [-0.05, 0) is 68.9 Å². The van der Waals surface area contributed by atoms with E-state index in [9.17, 15) is 14.9 Å². The molecule has 0 aromatic heterocycles. The number of benzene rings is 2. The zero-order valence-electron chi connectivity index (χ0n) is 10.2. The minimum absolute atomic E-state index is 0.0290. The molecule has 21 heavy (non-hydrogen) atoms. The van der Waals surface area contributed by atoms with Crippen LogP contribution in [0.5, 0.6) is 11.5 Å². The van der Waals surface area contributed by atoms with Crippen LogP contribution in [0.3, 0.4) is 0 Å². The van der Waals surface area contributed by atoms with E-state index in [1.165, 1.54) is 30.3 Å². The zero-order valence-corrected chi connectivity index (χ0v) is 14.0. The van der Waals surface area contributed by atoms with Crippen LogP contribution >= 0.6 is 38.5 Å². The van der Waals surface area contributed by atoms with Crippen molar-refractivity contribution in [3.8, 4) is 11.5 Å². The highest BCUT2D eigenvalue weighted by molar-refractivity contribution is 14.1. The number of carboxylic acids is 1. The van der Waals surface area contributed by atoms with Crippen LogP contribution in [0.4, 0.5) is 5.69 Å². The Balaban J connectivity index is 2.45. The Morgan fingerprint density at radius 3 is 2.57 bits per heavy atom. The van der Waals surface area contributed by atoms with Crippen molar-refractivity contribution in [2.45, 2.75) is 0 Å². The first kappa shape index (κ1) is 15.7. The molecule has 0 fully saturated rings. The molecule has 108 valence electrons. The molecule has 2 rings (SSSR count). The summed E-state index contributed by atoms with van der Waals surface area (Å²) in [6, 6.07) is 8.73. The third kappa shape index (κ3) is 3.70. The zero-order chi connectivity index (χ0) is 15.6. The van der Waals surface area contributed by atoms with Crippen molar-refractivity contribution >= 4 is 50.2 Å². The van der Waals surface area contributed by atoms with Crippen molar-refractivity contribution < 1.29 is 19.6 Å². The molecular weight excluding hydrogens is 457 g/mol. The fourth-order valence-corrected chi connectivity index (χ4v) is 2.35. The summed E-state index contributed by atoms with van der Waals surface area (Å²) in [6.45, 7) is 0. The average Bonchev–Trinajstić information content (AvgIpc) is 2.42. The average molecular weight is 464 g/mol. The van der Waals surface area contributed by atoms with Gasteiger partial charge in [-0.3, -0.25) is 10.1 Å². The first-order valence-corrected chi connectivity index (χ1v) is 7.40. The van der Waals surface area contributed by atoms with E-state index >= 15 is 0 Å². The Hall–Kier alpha value is -1.68. The van der Waals surface area contributed by atoms with Crippen LogP contribution in [0, 0.1) is 13.7 Å². The third-order valence-electron chi connectivity index (χ3n) is 2.52. The molecule has 0 amide bonds. The largest absolute Gasteiger partial charge is 0.478 e. The number of nitro benzene ring substituents is 1. The number of nitro groups is 1. The highest BCUT2D eigenvalue weighted by Gasteiger charge is 2.18. The van der Waals surface area contributed by atoms with Gasteiger partial charge in [0.2, 0.25) is 5.75 Å². The normalized spacial score (nSPS) is 10.2. The molecule has 0 spiro atoms. The van der Waals surface area contributed by atoms with E-state index < -0.39 is 10.9 Å². The highest BCUT2D eigenvalue weighted by atomic mass is 127. The molecule has 1 N–H and O–H groups in total. The van der Waals surface area contributed by atoms with Gasteiger partial charge in [-0.15, -0.1) is 0 Å². The number of rotatable bonds is 4. The molecular formula is C13H7BrINO5. The molecule has 0 aliphatic rings. The number of carbonyl (C=O) groups is 1. The van der Waals surface area contributed by atoms with Crippen molar-refractivity contribution in [1.82, 2.24) is 0 Å². The van der Waals surface area contributed by atoms with Crippen molar-refractivity contribution in [2.75, 3.05) is 0 Å². The molecule has 0 aliphatic carbocycles. The van der Waals surface area contributed by atoms with Crippen LogP contribution < -0.4 is 4.74 Å². The molecule has 8 heteroatoms. The maximum atomic E-state index is 11.0. The molecule has 0 saturated heterocycles. The Kier molecular flexibility index (Phi) is 4.78. The van der Waals surface area contributed by atoms with E-state index in [1.54, 1.807) is 6.07 Å². The fraction of sp³-hybridized carbons (Fsp3) is 0. The lowest BCUT2D eigenvalue weighted by Crippen LogP contribution is -1.98. The minimum Gasteiger partial charge on any atom is -0.478 e. The standard InChI is InChI=1S/C13H7BrINO5/c14-9-3-1-7(13(17)18)5-12(9)21-11-4-2-8(15)6-10(11)16(19)20/h1-6H,(H,17,18). The summed E-state index contributed by atoms with van der Waals surface area (Å²) in [4.78, 5) is 21.4. The van der Waals surface area contributed by atoms with Crippen LogP contribution in [0.15, 0.2) is 40.9 Å². The summed E-state index contributed by atoms with van der Waals surface area (Å²) in [6.07, 6.45) is 0. The van der Waals surface area contributed by atoms with Gasteiger partial charge in [-0.2, -0.15) is 0 Å². The first-order chi connectivity index (χ1) is 9.88. The lowest BCUT2D eigenvalue weighted by Gasteiger charge is -2.09. The molecule has 0 atom stereocenters. The van der Waals surface area contributed by atoms with Crippen LogP contribution in [0.1, 0.15) is 10.4 Å². The molecule has 0 heterocycles. The summed E-state index contributed by atoms with van der Waals surface area (Å²) < 4.78 is 6.69. The van der Waals surface area contributed by atoms with E-state index in [0.717, 1.165) is 0 Å². The van der Waals surface area contributed by atoms with Crippen molar-refractivity contribution in [2.24, 2.45) is 0 Å². The summed E-state index contributed by atoms with van der Waals surface area (Å²) in [7, 11) is 0. The van der Waals surface area contributed by atoms with Crippen LogP contribution in [-0.4, -0.2) is 16.0 Å². The lowest BCUT2D eigenvalue weighted by atomic mass is 10.2. The summed E-state index contributed by atoms with van der Waals surface area (Å²) in [5.41, 5.74) is -0.157. The van der Waals surface area contributed by atoms with E-state index in [1.807, 2.05) is 22.6 Å². The highest BCUT2D eigenvalue weighted by Crippen LogP contribution is 2.36. The smallest absolute Gasteiger partial charge is 0.335 e. The number of halogens is 2. The van der Waals surface area contributed by atoms with E-state index in [4.69, 9.17) is 9.84 Å². The summed E-state index contributed by atoms with van der Waals surface area (Å²) >= 11 is 5.18. The van der Waals surface area contributed by atoms with Crippen LogP contribution in [0.25, 0.3) is 0 Å². The number of ether oxygens (including phenoxy) is 1. The fourth-order valence-electron chi connectivity index (χ4n) is 1.55. The molecule has 0 unspecified atom stereocenters. The number of hydrogen-bond donors (Lipinski definition) is 1. The molecule has 0 radical (unpaired) electrons. The van der Waals surface area contributed by atoms with E-state index in [2.05, 4.69) is 15.9 Å². The van der Waals surface area contributed by atoms with Gasteiger partial charge in [0.15, 0.2) is 0 Å². The SMILES string of the molecule is O=C(O)c1ccc(Br)c(Oc2ccc(I)cc2[N+](=O)[O-])c1. The number of aromatic carboxylic acids is 1. The molecule has 0 bridgehead atoms. The molecule has 2 aromatic carbocycles. The van der Waals surface area contributed by atoms with Gasteiger partial charge >= 0.3 is 11.7 Å². The third-order valence-corrected chi connectivity index (χ3v) is 3.84. The van der Waals surface area contributed by atoms with Crippen LogP contribution in [-0.2, 0) is 0 Å². The predicted molar refractivity (Wildman–Crippen MR) is 87.0 cm³/mol. The lowest BCUT2D eigenvalue weighted by molar-refractivity contribution is -0.385. The van der Waals surface area contributed by atoms with E-state index in [0.29, 0.717) is 8.04 Å². The number of hydrogen-bond acceptors (Lipinski definition) is 4. The Morgan fingerprint density at radius 2 is 1.95 bits per heavy atom. The Bertz CT molecular complexity index is 734. The van der Waals surface area contributed by atoms with Gasteiger partial charge in [0.05, 0.1) is 15.0 Å². The van der Waals surface area contributed by atoms with Crippen molar-refractivity contribution in [3.05, 3.63) is 60.1 Å². The predicted octanol–water partition coefficient (Wildman–Crippen LogP) is 4.45. The Morgan fingerprint density at radius 1 is 1.24 bits per heavy atom.